The number of methoxy groups -OCH3 is 1. The zero-order valence-corrected chi connectivity index (χ0v) is 14.0. The number of nitro groups is 1. The minimum Gasteiger partial charge on any atom is -0.465 e. The van der Waals surface area contributed by atoms with Crippen LogP contribution in [0.3, 0.4) is 0 Å². The fraction of sp³-hybridized carbons (Fsp3) is 0.467. The molecule has 9 heteroatoms. The third kappa shape index (κ3) is 4.42. The van der Waals surface area contributed by atoms with Crippen molar-refractivity contribution in [2.24, 2.45) is 17.6 Å². The van der Waals surface area contributed by atoms with Gasteiger partial charge >= 0.3 is 5.97 Å². The summed E-state index contributed by atoms with van der Waals surface area (Å²) in [7, 11) is 1.18. The van der Waals surface area contributed by atoms with Crippen LogP contribution in [0.1, 0.15) is 29.6 Å². The van der Waals surface area contributed by atoms with Crippen LogP contribution in [0.15, 0.2) is 18.2 Å². The minimum atomic E-state index is -0.704. The number of rotatable bonds is 5. The molecule has 1 saturated carbocycles. The van der Waals surface area contributed by atoms with Gasteiger partial charge in [0.15, 0.2) is 0 Å². The van der Waals surface area contributed by atoms with Gasteiger partial charge in [0.05, 0.1) is 17.6 Å². The Morgan fingerprint density at radius 1 is 1.38 bits per heavy atom. The molecule has 1 aromatic carbocycles. The van der Waals surface area contributed by atoms with Crippen molar-refractivity contribution in [2.75, 3.05) is 19.0 Å². The molecular formula is C15H20ClN3O5. The number of nitrogens with one attached hydrogen (secondary N) is 1. The number of anilines is 1. The van der Waals surface area contributed by atoms with E-state index in [1.807, 2.05) is 0 Å². The molecule has 2 atom stereocenters. The van der Waals surface area contributed by atoms with Crippen LogP contribution >= 0.6 is 12.4 Å². The van der Waals surface area contributed by atoms with Gasteiger partial charge in [-0.1, -0.05) is 6.42 Å². The van der Waals surface area contributed by atoms with Crippen molar-refractivity contribution < 1.29 is 19.2 Å². The standard InChI is InChI=1S/C15H19N3O5.ClH/c1-23-15(20)10-5-11(7-12(6-10)18(21)22)17-14(19)13-4-2-3-9(13)8-16;/h5-7,9,13H,2-4,8,16H2,1H3,(H,17,19);1H/t9-,13-;/m1./s1. The largest absolute Gasteiger partial charge is 0.465 e. The number of ether oxygens (including phenoxy) is 1. The molecule has 0 bridgehead atoms. The van der Waals surface area contributed by atoms with Gasteiger partial charge in [-0.05, 0) is 31.4 Å². The van der Waals surface area contributed by atoms with E-state index in [0.717, 1.165) is 25.3 Å². The topological polar surface area (TPSA) is 125 Å². The molecule has 24 heavy (non-hydrogen) atoms. The number of nitrogens with zero attached hydrogens (tertiary/aromatic N) is 1. The van der Waals surface area contributed by atoms with E-state index in [0.29, 0.717) is 6.54 Å². The normalized spacial score (nSPS) is 19.2. The first-order valence-electron chi connectivity index (χ1n) is 7.35. The lowest BCUT2D eigenvalue weighted by molar-refractivity contribution is -0.384. The van der Waals surface area contributed by atoms with Crippen LogP contribution in [-0.2, 0) is 9.53 Å². The molecule has 0 aromatic heterocycles. The fourth-order valence-electron chi connectivity index (χ4n) is 2.92. The van der Waals surface area contributed by atoms with Crippen LogP contribution in [0.2, 0.25) is 0 Å². The Balaban J connectivity index is 0.00000288. The van der Waals surface area contributed by atoms with Crippen molar-refractivity contribution in [2.45, 2.75) is 19.3 Å². The van der Waals surface area contributed by atoms with Gasteiger partial charge in [-0.3, -0.25) is 14.9 Å². The molecule has 1 amide bonds. The minimum absolute atomic E-state index is 0. The van der Waals surface area contributed by atoms with Crippen molar-refractivity contribution in [3.63, 3.8) is 0 Å². The number of carbonyl (C=O) groups excluding carboxylic acids is 2. The number of halogens is 1. The van der Waals surface area contributed by atoms with Gasteiger partial charge < -0.3 is 15.8 Å². The first kappa shape index (κ1) is 19.9. The number of esters is 1. The van der Waals surface area contributed by atoms with Gasteiger partial charge in [-0.2, -0.15) is 0 Å². The van der Waals surface area contributed by atoms with Crippen molar-refractivity contribution in [3.8, 4) is 0 Å². The van der Waals surface area contributed by atoms with E-state index in [4.69, 9.17) is 5.73 Å². The van der Waals surface area contributed by atoms with Gasteiger partial charge in [0.25, 0.3) is 5.69 Å². The molecule has 1 aliphatic rings. The van der Waals surface area contributed by atoms with Crippen molar-refractivity contribution in [3.05, 3.63) is 33.9 Å². The molecule has 132 valence electrons. The Morgan fingerprint density at radius 3 is 2.67 bits per heavy atom. The molecule has 1 fully saturated rings. The molecule has 0 unspecified atom stereocenters. The predicted octanol–water partition coefficient (Wildman–Crippen LogP) is 2.12. The highest BCUT2D eigenvalue weighted by atomic mass is 35.5. The van der Waals surface area contributed by atoms with Crippen LogP contribution in [-0.4, -0.2) is 30.5 Å². The SMILES string of the molecule is COC(=O)c1cc(NC(=O)[C@@H]2CCC[C@@H]2CN)cc([N+](=O)[O-])c1.Cl. The monoisotopic (exact) mass is 357 g/mol. The van der Waals surface area contributed by atoms with Gasteiger partial charge in [0.1, 0.15) is 0 Å². The molecule has 0 heterocycles. The summed E-state index contributed by atoms with van der Waals surface area (Å²) in [6.45, 7) is 0.431. The quantitative estimate of drug-likeness (QED) is 0.472. The van der Waals surface area contributed by atoms with E-state index in [2.05, 4.69) is 10.1 Å². The summed E-state index contributed by atoms with van der Waals surface area (Å²) >= 11 is 0. The fourth-order valence-corrected chi connectivity index (χ4v) is 2.92. The van der Waals surface area contributed by atoms with E-state index in [-0.39, 0.29) is 47.1 Å². The Hall–Kier alpha value is -2.19. The molecular weight excluding hydrogens is 338 g/mol. The smallest absolute Gasteiger partial charge is 0.338 e. The van der Waals surface area contributed by atoms with E-state index < -0.39 is 10.9 Å². The van der Waals surface area contributed by atoms with Crippen LogP contribution < -0.4 is 11.1 Å². The summed E-state index contributed by atoms with van der Waals surface area (Å²) in [5.41, 5.74) is 5.60. The summed E-state index contributed by atoms with van der Waals surface area (Å²) in [5.74, 6) is -1.02. The first-order valence-corrected chi connectivity index (χ1v) is 7.35. The zero-order chi connectivity index (χ0) is 17.0. The number of hydrogen-bond donors (Lipinski definition) is 2. The Labute approximate surface area is 145 Å². The Bertz CT molecular complexity index is 638. The molecule has 1 aliphatic carbocycles. The lowest BCUT2D eigenvalue weighted by Gasteiger charge is -2.17. The van der Waals surface area contributed by atoms with Gasteiger partial charge in [0.2, 0.25) is 5.91 Å². The second kappa shape index (κ2) is 8.60. The lowest BCUT2D eigenvalue weighted by atomic mass is 9.95. The van der Waals surface area contributed by atoms with Gasteiger partial charge in [-0.15, -0.1) is 12.4 Å². The van der Waals surface area contributed by atoms with E-state index >= 15 is 0 Å². The number of amides is 1. The zero-order valence-electron chi connectivity index (χ0n) is 13.2. The number of carbonyl (C=O) groups is 2. The maximum absolute atomic E-state index is 12.4. The predicted molar refractivity (Wildman–Crippen MR) is 90.2 cm³/mol. The summed E-state index contributed by atoms with van der Waals surface area (Å²) in [4.78, 5) is 34.3. The van der Waals surface area contributed by atoms with E-state index in [1.165, 1.54) is 19.2 Å². The summed E-state index contributed by atoms with van der Waals surface area (Å²) < 4.78 is 4.57. The molecule has 0 spiro atoms. The maximum Gasteiger partial charge on any atom is 0.338 e. The second-order valence-corrected chi connectivity index (χ2v) is 5.54. The van der Waals surface area contributed by atoms with E-state index in [1.54, 1.807) is 0 Å². The highest BCUT2D eigenvalue weighted by Crippen LogP contribution is 2.32. The average Bonchev–Trinajstić information content (AvgIpc) is 3.02. The van der Waals surface area contributed by atoms with Crippen molar-refractivity contribution in [1.82, 2.24) is 0 Å². The van der Waals surface area contributed by atoms with Crippen LogP contribution in [0.4, 0.5) is 11.4 Å². The molecule has 3 N–H and O–H groups in total. The number of nitrogens with two attached hydrogens (primary N) is 1. The van der Waals surface area contributed by atoms with Crippen LogP contribution in [0.25, 0.3) is 0 Å². The molecule has 0 aliphatic heterocycles. The average molecular weight is 358 g/mol. The summed E-state index contributed by atoms with van der Waals surface area (Å²) in [6, 6.07) is 3.69. The number of hydrogen-bond acceptors (Lipinski definition) is 6. The maximum atomic E-state index is 12.4. The Morgan fingerprint density at radius 2 is 2.08 bits per heavy atom. The number of benzene rings is 1. The van der Waals surface area contributed by atoms with E-state index in [9.17, 15) is 19.7 Å². The molecule has 0 saturated heterocycles. The first-order chi connectivity index (χ1) is 11.0. The third-order valence-corrected chi connectivity index (χ3v) is 4.12. The molecule has 8 nitrogen and oxygen atoms in total. The second-order valence-electron chi connectivity index (χ2n) is 5.54. The van der Waals surface area contributed by atoms with Crippen molar-refractivity contribution >= 4 is 35.7 Å². The number of nitro benzene ring substituents is 1. The summed E-state index contributed by atoms with van der Waals surface area (Å²) in [6.07, 6.45) is 2.58. The summed E-state index contributed by atoms with van der Waals surface area (Å²) in [5, 5.41) is 13.6. The highest BCUT2D eigenvalue weighted by Gasteiger charge is 2.32. The van der Waals surface area contributed by atoms with Gasteiger partial charge in [0, 0.05) is 23.7 Å². The Kier molecular flexibility index (Phi) is 7.12. The number of non-ortho nitro benzene ring substituents is 1. The van der Waals surface area contributed by atoms with Gasteiger partial charge in [-0.25, -0.2) is 4.79 Å². The molecule has 0 radical (unpaired) electrons. The van der Waals surface area contributed by atoms with Crippen LogP contribution in [0.5, 0.6) is 0 Å². The lowest BCUT2D eigenvalue weighted by Crippen LogP contribution is -2.29. The highest BCUT2D eigenvalue weighted by molar-refractivity contribution is 5.96. The molecule has 2 rings (SSSR count). The molecule has 1 aromatic rings. The third-order valence-electron chi connectivity index (χ3n) is 4.12. The van der Waals surface area contributed by atoms with Crippen molar-refractivity contribution in [1.29, 1.82) is 0 Å². The van der Waals surface area contributed by atoms with Crippen LogP contribution in [0, 0.1) is 22.0 Å².